The SMILES string of the molecule is Cc1nn(Cc2ccccc2)c(C)c1C(NC(=O)OCc1ccccc1)C(=O)O. The molecule has 0 spiro atoms. The van der Waals surface area contributed by atoms with Crippen molar-refractivity contribution in [2.24, 2.45) is 0 Å². The molecule has 1 unspecified atom stereocenters. The third-order valence-corrected chi connectivity index (χ3v) is 4.62. The topological polar surface area (TPSA) is 93.5 Å². The van der Waals surface area contributed by atoms with Gasteiger partial charge in [-0.25, -0.2) is 9.59 Å². The zero-order chi connectivity index (χ0) is 20.8. The number of carboxylic acid groups (broad SMARTS) is 1. The highest BCUT2D eigenvalue weighted by Gasteiger charge is 2.29. The van der Waals surface area contributed by atoms with Gasteiger partial charge in [-0.3, -0.25) is 4.68 Å². The summed E-state index contributed by atoms with van der Waals surface area (Å²) in [5.74, 6) is -1.17. The van der Waals surface area contributed by atoms with Crippen molar-refractivity contribution in [1.82, 2.24) is 15.1 Å². The molecule has 0 aliphatic rings. The van der Waals surface area contributed by atoms with Gasteiger partial charge in [0, 0.05) is 11.3 Å². The van der Waals surface area contributed by atoms with Crippen molar-refractivity contribution in [1.29, 1.82) is 0 Å². The molecule has 0 aliphatic carbocycles. The summed E-state index contributed by atoms with van der Waals surface area (Å²) in [6.45, 7) is 4.10. The third-order valence-electron chi connectivity index (χ3n) is 4.62. The molecule has 3 aromatic rings. The number of alkyl carbamates (subject to hydrolysis) is 1. The zero-order valence-corrected chi connectivity index (χ0v) is 16.3. The summed E-state index contributed by atoms with van der Waals surface area (Å²) >= 11 is 0. The number of nitrogens with zero attached hydrogens (tertiary/aromatic N) is 2. The lowest BCUT2D eigenvalue weighted by atomic mass is 10.1. The van der Waals surface area contributed by atoms with Gasteiger partial charge in [0.25, 0.3) is 0 Å². The van der Waals surface area contributed by atoms with E-state index in [1.54, 1.807) is 18.5 Å². The predicted molar refractivity (Wildman–Crippen MR) is 107 cm³/mol. The van der Waals surface area contributed by atoms with E-state index in [-0.39, 0.29) is 6.61 Å². The molecule has 0 aliphatic heterocycles. The molecular formula is C22H23N3O4. The van der Waals surface area contributed by atoms with Gasteiger partial charge >= 0.3 is 12.1 Å². The number of amides is 1. The maximum Gasteiger partial charge on any atom is 0.408 e. The summed E-state index contributed by atoms with van der Waals surface area (Å²) < 4.78 is 6.91. The number of ether oxygens (including phenoxy) is 1. The second kappa shape index (κ2) is 9.05. The monoisotopic (exact) mass is 393 g/mol. The average Bonchev–Trinajstić information content (AvgIpc) is 2.99. The van der Waals surface area contributed by atoms with E-state index in [4.69, 9.17) is 4.74 Å². The van der Waals surface area contributed by atoms with Crippen LogP contribution in [0.3, 0.4) is 0 Å². The molecule has 0 saturated heterocycles. The van der Waals surface area contributed by atoms with Gasteiger partial charge in [0.15, 0.2) is 6.04 Å². The minimum Gasteiger partial charge on any atom is -0.479 e. The molecule has 0 radical (unpaired) electrons. The Hall–Kier alpha value is -3.61. The Morgan fingerprint density at radius 3 is 2.21 bits per heavy atom. The molecule has 1 atom stereocenters. The number of hydrogen-bond acceptors (Lipinski definition) is 4. The van der Waals surface area contributed by atoms with Gasteiger partial charge in [-0.15, -0.1) is 0 Å². The van der Waals surface area contributed by atoms with E-state index in [2.05, 4.69) is 10.4 Å². The number of carbonyl (C=O) groups excluding carboxylic acids is 1. The normalized spacial score (nSPS) is 11.7. The van der Waals surface area contributed by atoms with E-state index >= 15 is 0 Å². The summed E-state index contributed by atoms with van der Waals surface area (Å²) in [7, 11) is 0. The van der Waals surface area contributed by atoms with Gasteiger partial charge in [0.2, 0.25) is 0 Å². The van der Waals surface area contributed by atoms with Crippen molar-refractivity contribution in [3.8, 4) is 0 Å². The highest BCUT2D eigenvalue weighted by molar-refractivity contribution is 5.82. The van der Waals surface area contributed by atoms with Crippen LogP contribution in [0.25, 0.3) is 0 Å². The predicted octanol–water partition coefficient (Wildman–Crippen LogP) is 3.60. The Labute approximate surface area is 168 Å². The highest BCUT2D eigenvalue weighted by atomic mass is 16.5. The van der Waals surface area contributed by atoms with Crippen LogP contribution < -0.4 is 5.32 Å². The minimum absolute atomic E-state index is 0.0598. The fourth-order valence-electron chi connectivity index (χ4n) is 3.18. The zero-order valence-electron chi connectivity index (χ0n) is 16.3. The average molecular weight is 393 g/mol. The summed E-state index contributed by atoms with van der Waals surface area (Å²) in [5, 5.41) is 16.6. The molecule has 0 saturated carbocycles. The summed E-state index contributed by atoms with van der Waals surface area (Å²) in [5.41, 5.74) is 3.56. The molecule has 0 fully saturated rings. The summed E-state index contributed by atoms with van der Waals surface area (Å²) in [6.07, 6.45) is -0.795. The van der Waals surface area contributed by atoms with E-state index < -0.39 is 18.1 Å². The van der Waals surface area contributed by atoms with Gasteiger partial charge in [-0.1, -0.05) is 60.7 Å². The van der Waals surface area contributed by atoms with Crippen molar-refractivity contribution in [2.45, 2.75) is 33.0 Å². The third kappa shape index (κ3) is 5.01. The number of aliphatic carboxylic acids is 1. The first-order valence-corrected chi connectivity index (χ1v) is 9.23. The number of aromatic nitrogens is 2. The second-order valence-corrected chi connectivity index (χ2v) is 6.71. The van der Waals surface area contributed by atoms with Crippen molar-refractivity contribution < 1.29 is 19.4 Å². The molecule has 7 heteroatoms. The van der Waals surface area contributed by atoms with Crippen LogP contribution in [0.5, 0.6) is 0 Å². The summed E-state index contributed by atoms with van der Waals surface area (Å²) in [6, 6.07) is 17.7. The first-order valence-electron chi connectivity index (χ1n) is 9.23. The maximum atomic E-state index is 12.2. The molecule has 29 heavy (non-hydrogen) atoms. The number of carbonyl (C=O) groups is 2. The number of hydrogen-bond donors (Lipinski definition) is 2. The largest absolute Gasteiger partial charge is 0.479 e. The van der Waals surface area contributed by atoms with Crippen molar-refractivity contribution in [3.63, 3.8) is 0 Å². The number of aryl methyl sites for hydroxylation is 1. The molecule has 1 heterocycles. The molecule has 0 bridgehead atoms. The fourth-order valence-corrected chi connectivity index (χ4v) is 3.18. The van der Waals surface area contributed by atoms with Crippen LogP contribution in [0, 0.1) is 13.8 Å². The number of nitrogens with one attached hydrogen (secondary N) is 1. The van der Waals surface area contributed by atoms with Gasteiger partial charge < -0.3 is 15.2 Å². The van der Waals surface area contributed by atoms with Crippen molar-refractivity contribution in [2.75, 3.05) is 0 Å². The van der Waals surface area contributed by atoms with Crippen LogP contribution in [-0.2, 0) is 22.7 Å². The van der Waals surface area contributed by atoms with Crippen LogP contribution in [0.1, 0.15) is 34.1 Å². The van der Waals surface area contributed by atoms with Gasteiger partial charge in [0.1, 0.15) is 6.61 Å². The van der Waals surface area contributed by atoms with Crippen LogP contribution in [0.4, 0.5) is 4.79 Å². The van der Waals surface area contributed by atoms with Crippen LogP contribution >= 0.6 is 0 Å². The molecule has 1 aromatic heterocycles. The lowest BCUT2D eigenvalue weighted by molar-refractivity contribution is -0.139. The molecule has 150 valence electrons. The summed E-state index contributed by atoms with van der Waals surface area (Å²) in [4.78, 5) is 24.1. The van der Waals surface area contributed by atoms with E-state index in [9.17, 15) is 14.7 Å². The molecule has 7 nitrogen and oxygen atoms in total. The molecule has 3 rings (SSSR count). The Morgan fingerprint density at radius 2 is 1.62 bits per heavy atom. The lowest BCUT2D eigenvalue weighted by Gasteiger charge is -2.16. The standard InChI is InChI=1S/C22H23N3O4/c1-15-19(16(2)25(24-15)13-17-9-5-3-6-10-17)20(21(26)27)23-22(28)29-14-18-11-7-4-8-12-18/h3-12,20H,13-14H2,1-2H3,(H,23,28)(H,26,27). The van der Waals surface area contributed by atoms with Crippen molar-refractivity contribution >= 4 is 12.1 Å². The minimum atomic E-state index is -1.25. The van der Waals surface area contributed by atoms with E-state index in [0.717, 1.165) is 11.1 Å². The second-order valence-electron chi connectivity index (χ2n) is 6.71. The first-order chi connectivity index (χ1) is 14.0. The van der Waals surface area contributed by atoms with Crippen LogP contribution in [0.2, 0.25) is 0 Å². The van der Waals surface area contributed by atoms with Crippen LogP contribution in [-0.4, -0.2) is 26.9 Å². The maximum absolute atomic E-state index is 12.2. The number of rotatable bonds is 7. The molecular weight excluding hydrogens is 370 g/mol. The Balaban J connectivity index is 1.74. The molecule has 2 N–H and O–H groups in total. The Kier molecular flexibility index (Phi) is 6.29. The van der Waals surface area contributed by atoms with Gasteiger partial charge in [-0.2, -0.15) is 5.10 Å². The van der Waals surface area contributed by atoms with E-state index in [1.165, 1.54) is 0 Å². The van der Waals surface area contributed by atoms with Gasteiger partial charge in [-0.05, 0) is 25.0 Å². The highest BCUT2D eigenvalue weighted by Crippen LogP contribution is 2.23. The Bertz CT molecular complexity index is 984. The smallest absolute Gasteiger partial charge is 0.408 e. The van der Waals surface area contributed by atoms with Crippen LogP contribution in [0.15, 0.2) is 60.7 Å². The number of carboxylic acids is 1. The first kappa shape index (κ1) is 20.1. The van der Waals surface area contributed by atoms with Gasteiger partial charge in [0.05, 0.1) is 12.2 Å². The fraction of sp³-hybridized carbons (Fsp3) is 0.227. The quantitative estimate of drug-likeness (QED) is 0.640. The van der Waals surface area contributed by atoms with E-state index in [0.29, 0.717) is 23.5 Å². The lowest BCUT2D eigenvalue weighted by Crippen LogP contribution is -2.34. The molecule has 1 amide bonds. The Morgan fingerprint density at radius 1 is 1.03 bits per heavy atom. The number of benzene rings is 2. The van der Waals surface area contributed by atoms with E-state index in [1.807, 2.05) is 60.7 Å². The molecule has 2 aromatic carbocycles. The van der Waals surface area contributed by atoms with Crippen molar-refractivity contribution in [3.05, 3.63) is 88.7 Å².